The molecule has 1 N–H and O–H groups in total. The van der Waals surface area contributed by atoms with E-state index in [1.807, 2.05) is 6.07 Å². The summed E-state index contributed by atoms with van der Waals surface area (Å²) in [6.07, 6.45) is 0. The van der Waals surface area contributed by atoms with Gasteiger partial charge in [0.05, 0.1) is 16.3 Å². The number of esters is 1. The number of aromatic nitrogens is 3. The number of nitrogens with zero attached hydrogens (tertiary/aromatic N) is 4. The van der Waals surface area contributed by atoms with Crippen molar-refractivity contribution < 1.29 is 19.2 Å². The first-order valence-corrected chi connectivity index (χ1v) is 8.15. The van der Waals surface area contributed by atoms with Crippen LogP contribution in [0.2, 0.25) is 0 Å². The molecule has 1 aromatic heterocycles. The molecule has 2 aromatic carbocycles. The highest BCUT2D eigenvalue weighted by Gasteiger charge is 2.20. The number of carbonyl (C=O) groups excluding carboxylic acids is 2. The van der Waals surface area contributed by atoms with Crippen molar-refractivity contribution in [3.05, 3.63) is 76.1 Å². The molecular formula is C18H15N5O5. The van der Waals surface area contributed by atoms with Gasteiger partial charge in [0.1, 0.15) is 5.69 Å². The molecule has 0 aliphatic rings. The van der Waals surface area contributed by atoms with E-state index in [9.17, 15) is 19.7 Å². The number of amides is 1. The molecule has 28 heavy (non-hydrogen) atoms. The number of ether oxygens (including phenoxy) is 1. The summed E-state index contributed by atoms with van der Waals surface area (Å²) in [5.41, 5.74) is 0.734. The van der Waals surface area contributed by atoms with Crippen LogP contribution in [-0.2, 0) is 9.53 Å². The monoisotopic (exact) mass is 381 g/mol. The fourth-order valence-corrected chi connectivity index (χ4v) is 2.37. The number of nitrogens with one attached hydrogen (secondary N) is 1. The molecule has 10 heteroatoms. The lowest BCUT2D eigenvalue weighted by Crippen LogP contribution is -2.22. The highest BCUT2D eigenvalue weighted by atomic mass is 16.6. The smallest absolute Gasteiger partial charge is 0.361 e. The molecule has 142 valence electrons. The summed E-state index contributed by atoms with van der Waals surface area (Å²) in [4.78, 5) is 35.8. The third kappa shape index (κ3) is 4.18. The Kier molecular flexibility index (Phi) is 5.40. The summed E-state index contributed by atoms with van der Waals surface area (Å²) in [7, 11) is 0. The molecule has 0 bridgehead atoms. The van der Waals surface area contributed by atoms with Crippen molar-refractivity contribution in [2.24, 2.45) is 0 Å². The second kappa shape index (κ2) is 8.08. The Balaban J connectivity index is 1.64. The highest BCUT2D eigenvalue weighted by molar-refractivity contribution is 5.96. The van der Waals surface area contributed by atoms with E-state index < -0.39 is 23.4 Å². The number of hydrogen-bond donors (Lipinski definition) is 1. The minimum absolute atomic E-state index is 0.0137. The summed E-state index contributed by atoms with van der Waals surface area (Å²) in [6.45, 7) is 0.971. The minimum atomic E-state index is -0.822. The topological polar surface area (TPSA) is 129 Å². The van der Waals surface area contributed by atoms with Crippen LogP contribution in [0.3, 0.4) is 0 Å². The Morgan fingerprint density at radius 2 is 1.79 bits per heavy atom. The van der Waals surface area contributed by atoms with E-state index in [-0.39, 0.29) is 17.1 Å². The average molecular weight is 381 g/mol. The summed E-state index contributed by atoms with van der Waals surface area (Å²) < 4.78 is 4.96. The standard InChI is InChI=1S/C18H15N5O5/c1-12-17(21-22(20-12)13-7-3-2-4-8-13)18(25)28-11-16(24)19-14-9-5-6-10-15(14)23(26)27/h2-10H,11H2,1H3,(H,19,24). The van der Waals surface area contributed by atoms with E-state index in [0.717, 1.165) is 0 Å². The molecule has 3 rings (SSSR count). The third-order valence-electron chi connectivity index (χ3n) is 3.67. The zero-order valence-corrected chi connectivity index (χ0v) is 14.7. The van der Waals surface area contributed by atoms with E-state index in [0.29, 0.717) is 11.4 Å². The average Bonchev–Trinajstić information content (AvgIpc) is 3.09. The van der Waals surface area contributed by atoms with E-state index in [2.05, 4.69) is 15.5 Å². The molecule has 3 aromatic rings. The van der Waals surface area contributed by atoms with Crippen LogP contribution in [0.4, 0.5) is 11.4 Å². The van der Waals surface area contributed by atoms with Gasteiger partial charge in [0.2, 0.25) is 0 Å². The molecule has 1 heterocycles. The maximum absolute atomic E-state index is 12.2. The van der Waals surface area contributed by atoms with Crippen LogP contribution in [0.15, 0.2) is 54.6 Å². The number of aryl methyl sites for hydroxylation is 1. The molecule has 1 amide bonds. The number of nitro benzene ring substituents is 1. The van der Waals surface area contributed by atoms with Crippen LogP contribution >= 0.6 is 0 Å². The minimum Gasteiger partial charge on any atom is -0.451 e. The molecule has 0 radical (unpaired) electrons. The maximum Gasteiger partial charge on any atom is 0.361 e. The van der Waals surface area contributed by atoms with Crippen molar-refractivity contribution in [2.45, 2.75) is 6.92 Å². The number of anilines is 1. The normalized spacial score (nSPS) is 10.3. The van der Waals surface area contributed by atoms with Gasteiger partial charge < -0.3 is 10.1 Å². The first-order chi connectivity index (χ1) is 13.5. The molecule has 0 aliphatic heterocycles. The summed E-state index contributed by atoms with van der Waals surface area (Å²) >= 11 is 0. The van der Waals surface area contributed by atoms with Crippen LogP contribution in [0.1, 0.15) is 16.2 Å². The van der Waals surface area contributed by atoms with Gasteiger partial charge in [-0.25, -0.2) is 4.79 Å². The van der Waals surface area contributed by atoms with Gasteiger partial charge in [-0.2, -0.15) is 9.90 Å². The highest BCUT2D eigenvalue weighted by Crippen LogP contribution is 2.22. The van der Waals surface area contributed by atoms with Gasteiger partial charge in [-0.3, -0.25) is 14.9 Å². The Hall–Kier alpha value is -4.08. The van der Waals surface area contributed by atoms with Crippen molar-refractivity contribution >= 4 is 23.3 Å². The molecule has 0 saturated heterocycles. The van der Waals surface area contributed by atoms with E-state index >= 15 is 0 Å². The number of rotatable bonds is 6. The Morgan fingerprint density at radius 1 is 1.11 bits per heavy atom. The lowest BCUT2D eigenvalue weighted by Gasteiger charge is -2.06. The predicted molar refractivity (Wildman–Crippen MR) is 98.1 cm³/mol. The quantitative estimate of drug-likeness (QED) is 0.394. The molecular weight excluding hydrogens is 366 g/mol. The first-order valence-electron chi connectivity index (χ1n) is 8.15. The van der Waals surface area contributed by atoms with Crippen LogP contribution < -0.4 is 5.32 Å². The summed E-state index contributed by atoms with van der Waals surface area (Å²) in [5.74, 6) is -1.53. The van der Waals surface area contributed by atoms with Crippen LogP contribution in [0.5, 0.6) is 0 Å². The van der Waals surface area contributed by atoms with Crippen molar-refractivity contribution in [1.82, 2.24) is 15.0 Å². The largest absolute Gasteiger partial charge is 0.451 e. The Bertz CT molecular complexity index is 1030. The van der Waals surface area contributed by atoms with Gasteiger partial charge in [-0.1, -0.05) is 30.3 Å². The number of nitro groups is 1. The molecule has 0 spiro atoms. The van der Waals surface area contributed by atoms with Gasteiger partial charge >= 0.3 is 5.97 Å². The fraction of sp³-hybridized carbons (Fsp3) is 0.111. The van der Waals surface area contributed by atoms with Gasteiger partial charge in [0.25, 0.3) is 11.6 Å². The van der Waals surface area contributed by atoms with Crippen LogP contribution in [0, 0.1) is 17.0 Å². The zero-order valence-electron chi connectivity index (χ0n) is 14.7. The first kappa shape index (κ1) is 18.7. The molecule has 0 atom stereocenters. The zero-order chi connectivity index (χ0) is 20.1. The second-order valence-electron chi connectivity index (χ2n) is 5.66. The Morgan fingerprint density at radius 3 is 2.50 bits per heavy atom. The lowest BCUT2D eigenvalue weighted by atomic mass is 10.2. The van der Waals surface area contributed by atoms with E-state index in [4.69, 9.17) is 4.74 Å². The predicted octanol–water partition coefficient (Wildman–Crippen LogP) is 2.28. The SMILES string of the molecule is Cc1nn(-c2ccccc2)nc1C(=O)OCC(=O)Nc1ccccc1[N+](=O)[O-]. The molecule has 0 unspecified atom stereocenters. The molecule has 0 fully saturated rings. The summed E-state index contributed by atoms with van der Waals surface area (Å²) in [6, 6.07) is 14.7. The second-order valence-corrected chi connectivity index (χ2v) is 5.66. The van der Waals surface area contributed by atoms with Gasteiger partial charge in [0.15, 0.2) is 12.3 Å². The Labute approximate surface area is 158 Å². The number of benzene rings is 2. The third-order valence-corrected chi connectivity index (χ3v) is 3.67. The van der Waals surface area contributed by atoms with Crippen LogP contribution in [0.25, 0.3) is 5.69 Å². The number of para-hydroxylation sites is 3. The van der Waals surface area contributed by atoms with Crippen molar-refractivity contribution in [2.75, 3.05) is 11.9 Å². The van der Waals surface area contributed by atoms with Crippen molar-refractivity contribution in [3.63, 3.8) is 0 Å². The lowest BCUT2D eigenvalue weighted by molar-refractivity contribution is -0.383. The summed E-state index contributed by atoms with van der Waals surface area (Å²) in [5, 5.41) is 21.6. The van der Waals surface area contributed by atoms with Gasteiger partial charge in [-0.05, 0) is 25.1 Å². The van der Waals surface area contributed by atoms with Gasteiger partial charge in [0, 0.05) is 6.07 Å². The van der Waals surface area contributed by atoms with Crippen molar-refractivity contribution in [3.8, 4) is 5.69 Å². The molecule has 0 saturated carbocycles. The van der Waals surface area contributed by atoms with Crippen molar-refractivity contribution in [1.29, 1.82) is 0 Å². The molecule has 0 aliphatic carbocycles. The van der Waals surface area contributed by atoms with E-state index in [1.165, 1.54) is 23.0 Å². The van der Waals surface area contributed by atoms with E-state index in [1.54, 1.807) is 37.3 Å². The molecule has 10 nitrogen and oxygen atoms in total. The van der Waals surface area contributed by atoms with Crippen LogP contribution in [-0.4, -0.2) is 38.4 Å². The maximum atomic E-state index is 12.2. The number of carbonyl (C=O) groups is 2. The van der Waals surface area contributed by atoms with Gasteiger partial charge in [-0.15, -0.1) is 5.10 Å². The number of hydrogen-bond acceptors (Lipinski definition) is 7. The fourth-order valence-electron chi connectivity index (χ4n) is 2.37.